The van der Waals surface area contributed by atoms with Crippen LogP contribution in [-0.2, 0) is 0 Å². The van der Waals surface area contributed by atoms with E-state index in [0.29, 0.717) is 10.8 Å². The van der Waals surface area contributed by atoms with Gasteiger partial charge in [0.2, 0.25) is 0 Å². The Kier molecular flexibility index (Phi) is 2.29. The molecule has 1 rings (SSSR count). The van der Waals surface area contributed by atoms with Crippen molar-refractivity contribution in [3.8, 4) is 6.07 Å². The second-order valence-electron chi connectivity index (χ2n) is 1.89. The smallest absolute Gasteiger partial charge is 0.161 e. The van der Waals surface area contributed by atoms with Crippen LogP contribution in [0.15, 0.2) is 12.1 Å². The summed E-state index contributed by atoms with van der Waals surface area (Å²) < 4.78 is 0. The average Bonchev–Trinajstić information content (AvgIpc) is 2.05. The Morgan fingerprint density at radius 3 is 2.91 bits per heavy atom. The Morgan fingerprint density at radius 2 is 2.36 bits per heavy atom. The fraction of sp³-hybridized carbons (Fsp3) is 0.143. The van der Waals surface area contributed by atoms with E-state index >= 15 is 0 Å². The zero-order valence-electron chi connectivity index (χ0n) is 5.93. The molecule has 0 saturated carbocycles. The van der Waals surface area contributed by atoms with Gasteiger partial charge in [0.25, 0.3) is 0 Å². The quantitative estimate of drug-likeness (QED) is 0.692. The molecule has 0 bridgehead atoms. The molecule has 0 fully saturated rings. The van der Waals surface area contributed by atoms with Gasteiger partial charge < -0.3 is 5.32 Å². The molecule has 0 spiro atoms. The van der Waals surface area contributed by atoms with E-state index in [1.54, 1.807) is 19.2 Å². The Bertz CT molecular complexity index is 303. The van der Waals surface area contributed by atoms with Crippen molar-refractivity contribution >= 4 is 17.4 Å². The molecule has 0 aliphatic heterocycles. The number of hydrogen-bond donors (Lipinski definition) is 1. The predicted molar refractivity (Wildman–Crippen MR) is 43.5 cm³/mol. The van der Waals surface area contributed by atoms with E-state index in [4.69, 9.17) is 16.9 Å². The van der Waals surface area contributed by atoms with Gasteiger partial charge in [-0.2, -0.15) is 5.26 Å². The lowest BCUT2D eigenvalue weighted by Crippen LogP contribution is -1.93. The Morgan fingerprint density at radius 1 is 1.64 bits per heavy atom. The predicted octanol–water partition coefficient (Wildman–Crippen LogP) is 1.65. The first-order valence-electron chi connectivity index (χ1n) is 3.02. The summed E-state index contributed by atoms with van der Waals surface area (Å²) in [6.07, 6.45) is 0. The molecule has 0 radical (unpaired) electrons. The maximum atomic E-state index is 8.51. The van der Waals surface area contributed by atoms with Gasteiger partial charge in [0.1, 0.15) is 11.9 Å². The van der Waals surface area contributed by atoms with Crippen molar-refractivity contribution in [3.63, 3.8) is 0 Å². The summed E-state index contributed by atoms with van der Waals surface area (Å²) in [6, 6.07) is 5.24. The molecule has 0 saturated heterocycles. The van der Waals surface area contributed by atoms with Crippen LogP contribution in [0.3, 0.4) is 0 Å². The van der Waals surface area contributed by atoms with Crippen molar-refractivity contribution in [1.82, 2.24) is 4.98 Å². The van der Waals surface area contributed by atoms with Crippen LogP contribution in [0.1, 0.15) is 5.69 Å². The van der Waals surface area contributed by atoms with Crippen LogP contribution in [0.4, 0.5) is 5.82 Å². The highest BCUT2D eigenvalue weighted by Gasteiger charge is 2.00. The van der Waals surface area contributed by atoms with Crippen LogP contribution in [0.2, 0.25) is 5.02 Å². The van der Waals surface area contributed by atoms with Gasteiger partial charge in [-0.3, -0.25) is 0 Å². The van der Waals surface area contributed by atoms with E-state index in [0.717, 1.165) is 0 Å². The third-order valence-corrected chi connectivity index (χ3v) is 1.51. The number of nitriles is 1. The molecule has 11 heavy (non-hydrogen) atoms. The third-order valence-electron chi connectivity index (χ3n) is 1.21. The molecule has 3 nitrogen and oxygen atoms in total. The number of hydrogen-bond acceptors (Lipinski definition) is 3. The fourth-order valence-corrected chi connectivity index (χ4v) is 0.807. The van der Waals surface area contributed by atoms with E-state index < -0.39 is 0 Å². The fourth-order valence-electron chi connectivity index (χ4n) is 0.660. The summed E-state index contributed by atoms with van der Waals surface area (Å²) in [7, 11) is 1.73. The number of anilines is 1. The molecule has 0 aliphatic carbocycles. The van der Waals surface area contributed by atoms with Gasteiger partial charge in [-0.05, 0) is 12.1 Å². The molecule has 56 valence electrons. The molecule has 0 aromatic carbocycles. The zero-order valence-corrected chi connectivity index (χ0v) is 6.68. The van der Waals surface area contributed by atoms with Gasteiger partial charge in [-0.1, -0.05) is 11.6 Å². The zero-order chi connectivity index (χ0) is 8.27. The van der Waals surface area contributed by atoms with Crippen LogP contribution in [0.25, 0.3) is 0 Å². The number of pyridine rings is 1. The van der Waals surface area contributed by atoms with Gasteiger partial charge >= 0.3 is 0 Å². The summed E-state index contributed by atoms with van der Waals surface area (Å²) in [5.41, 5.74) is 0.249. The van der Waals surface area contributed by atoms with Crippen molar-refractivity contribution in [3.05, 3.63) is 22.8 Å². The number of aromatic nitrogens is 1. The minimum absolute atomic E-state index is 0.249. The average molecular weight is 168 g/mol. The Hall–Kier alpha value is -1.27. The second-order valence-corrected chi connectivity index (χ2v) is 2.30. The maximum absolute atomic E-state index is 8.51. The van der Waals surface area contributed by atoms with Gasteiger partial charge in [-0.25, -0.2) is 4.98 Å². The molecule has 0 atom stereocenters. The highest BCUT2D eigenvalue weighted by molar-refractivity contribution is 6.31. The van der Waals surface area contributed by atoms with Gasteiger partial charge in [0.15, 0.2) is 5.69 Å². The van der Waals surface area contributed by atoms with Crippen molar-refractivity contribution in [1.29, 1.82) is 5.26 Å². The summed E-state index contributed by atoms with van der Waals surface area (Å²) in [5, 5.41) is 11.7. The van der Waals surface area contributed by atoms with Crippen molar-refractivity contribution < 1.29 is 0 Å². The first kappa shape index (κ1) is 7.83. The summed E-state index contributed by atoms with van der Waals surface area (Å²) in [6.45, 7) is 0. The van der Waals surface area contributed by atoms with Crippen LogP contribution >= 0.6 is 11.6 Å². The maximum Gasteiger partial charge on any atom is 0.161 e. The topological polar surface area (TPSA) is 48.7 Å². The van der Waals surface area contributed by atoms with E-state index in [9.17, 15) is 0 Å². The number of nitrogens with zero attached hydrogens (tertiary/aromatic N) is 2. The lowest BCUT2D eigenvalue weighted by molar-refractivity contribution is 1.24. The molecular formula is C7H6ClN3. The highest BCUT2D eigenvalue weighted by Crippen LogP contribution is 2.14. The molecule has 0 aliphatic rings. The Labute approximate surface area is 69.6 Å². The van der Waals surface area contributed by atoms with Crippen molar-refractivity contribution in [2.24, 2.45) is 0 Å². The van der Waals surface area contributed by atoms with E-state index in [1.165, 1.54) is 0 Å². The van der Waals surface area contributed by atoms with Crippen molar-refractivity contribution in [2.45, 2.75) is 0 Å². The molecule has 4 heteroatoms. The van der Waals surface area contributed by atoms with E-state index in [2.05, 4.69) is 10.3 Å². The van der Waals surface area contributed by atoms with Gasteiger partial charge in [-0.15, -0.1) is 0 Å². The lowest BCUT2D eigenvalue weighted by atomic mass is 10.3. The van der Waals surface area contributed by atoms with Crippen molar-refractivity contribution in [2.75, 3.05) is 12.4 Å². The molecule has 0 unspecified atom stereocenters. The molecular weight excluding hydrogens is 162 g/mol. The summed E-state index contributed by atoms with van der Waals surface area (Å²) >= 11 is 5.64. The third kappa shape index (κ3) is 1.60. The Balaban J connectivity index is 3.15. The second kappa shape index (κ2) is 3.22. The van der Waals surface area contributed by atoms with E-state index in [-0.39, 0.29) is 5.69 Å². The number of nitrogens with one attached hydrogen (secondary N) is 1. The van der Waals surface area contributed by atoms with Crippen LogP contribution in [0.5, 0.6) is 0 Å². The van der Waals surface area contributed by atoms with Gasteiger partial charge in [0.05, 0.1) is 5.02 Å². The lowest BCUT2D eigenvalue weighted by Gasteiger charge is -1.98. The number of halogens is 1. The minimum atomic E-state index is 0.249. The van der Waals surface area contributed by atoms with Crippen LogP contribution in [0, 0.1) is 11.3 Å². The summed E-state index contributed by atoms with van der Waals surface area (Å²) in [5.74, 6) is 0.644. The normalized spacial score (nSPS) is 8.82. The highest BCUT2D eigenvalue weighted by atomic mass is 35.5. The van der Waals surface area contributed by atoms with Crippen LogP contribution in [-0.4, -0.2) is 12.0 Å². The SMILES string of the molecule is CNc1ccc(Cl)c(C#N)n1. The molecule has 1 heterocycles. The molecule has 1 N–H and O–H groups in total. The van der Waals surface area contributed by atoms with E-state index in [1.807, 2.05) is 6.07 Å². The standard InChI is InChI=1S/C7H6ClN3/c1-10-7-3-2-5(8)6(4-9)11-7/h2-3H,1H3,(H,10,11). The van der Waals surface area contributed by atoms with Gasteiger partial charge in [0, 0.05) is 7.05 Å². The monoisotopic (exact) mass is 167 g/mol. The molecule has 1 aromatic heterocycles. The minimum Gasteiger partial charge on any atom is -0.373 e. The molecule has 0 amide bonds. The first-order chi connectivity index (χ1) is 5.27. The largest absolute Gasteiger partial charge is 0.373 e. The summed E-state index contributed by atoms with van der Waals surface area (Å²) in [4.78, 5) is 3.91. The molecule has 1 aromatic rings. The first-order valence-corrected chi connectivity index (χ1v) is 3.40. The van der Waals surface area contributed by atoms with Crippen LogP contribution < -0.4 is 5.32 Å². The number of rotatable bonds is 1.